The van der Waals surface area contributed by atoms with Gasteiger partial charge in [0.25, 0.3) is 0 Å². The molecule has 0 atom stereocenters. The molecular weight excluding hydrogens is 294 g/mol. The lowest BCUT2D eigenvalue weighted by Crippen LogP contribution is -2.31. The van der Waals surface area contributed by atoms with Crippen molar-refractivity contribution < 1.29 is 4.79 Å². The summed E-state index contributed by atoms with van der Waals surface area (Å²) in [6.45, 7) is 1.16. The number of thiophene rings is 1. The quantitative estimate of drug-likeness (QED) is 0.880. The maximum Gasteiger partial charge on any atom is 0.246 e. The normalized spacial score (nSPS) is 15.9. The number of hydrogen-bond donors (Lipinski definition) is 1. The van der Waals surface area contributed by atoms with Crippen LogP contribution >= 0.6 is 23.7 Å². The second-order valence-electron chi connectivity index (χ2n) is 4.64. The van der Waals surface area contributed by atoms with Gasteiger partial charge in [0.2, 0.25) is 11.9 Å². The van der Waals surface area contributed by atoms with Gasteiger partial charge in [0.05, 0.1) is 0 Å². The van der Waals surface area contributed by atoms with Crippen LogP contribution in [0.15, 0.2) is 40.7 Å². The molecule has 0 bridgehead atoms. The zero-order valence-electron chi connectivity index (χ0n) is 10.5. The van der Waals surface area contributed by atoms with Gasteiger partial charge in [0.1, 0.15) is 11.5 Å². The summed E-state index contributed by atoms with van der Waals surface area (Å²) in [5.41, 5.74) is 3.65. The highest BCUT2D eigenvalue weighted by atomic mass is 35.5. The number of amides is 1. The number of nitrogens with zero attached hydrogens (tertiary/aromatic N) is 2. The molecule has 20 heavy (non-hydrogen) atoms. The van der Waals surface area contributed by atoms with Crippen LogP contribution in [0.1, 0.15) is 5.56 Å². The highest BCUT2D eigenvalue weighted by molar-refractivity contribution is 7.14. The molecule has 1 saturated heterocycles. The fraction of sp³-hybridized carbons (Fsp3) is 0.143. The Morgan fingerprint density at radius 2 is 2.00 bits per heavy atom. The van der Waals surface area contributed by atoms with Gasteiger partial charge in [-0.15, -0.1) is 23.7 Å². The third kappa shape index (κ3) is 1.99. The van der Waals surface area contributed by atoms with Crippen molar-refractivity contribution in [2.45, 2.75) is 6.54 Å². The molecule has 0 aliphatic carbocycles. The number of guanidine groups is 1. The second-order valence-corrected chi connectivity index (χ2v) is 5.50. The minimum Gasteiger partial charge on any atom is -0.329 e. The number of hydrogen-bond acceptors (Lipinski definition) is 4. The van der Waals surface area contributed by atoms with Crippen LogP contribution in [0.5, 0.6) is 0 Å². The summed E-state index contributed by atoms with van der Waals surface area (Å²) < 4.78 is 0. The molecule has 6 heteroatoms. The standard InChI is InChI=1S/C14H11N3OS.ClH/c18-12-7-17-6-10-11(9-4-2-1-3-5-9)8-19-13(10)16-14(17)15-12;/h1-5,8H,6-7H2,(H,15,16,18);1H. The van der Waals surface area contributed by atoms with E-state index in [1.807, 2.05) is 23.1 Å². The van der Waals surface area contributed by atoms with Crippen LogP contribution in [-0.2, 0) is 11.3 Å². The number of carbonyl (C=O) groups is 1. The van der Waals surface area contributed by atoms with Crippen molar-refractivity contribution in [3.63, 3.8) is 0 Å². The first-order valence-electron chi connectivity index (χ1n) is 6.10. The average molecular weight is 306 g/mol. The van der Waals surface area contributed by atoms with E-state index in [2.05, 4.69) is 27.8 Å². The molecule has 1 aromatic heterocycles. The van der Waals surface area contributed by atoms with Crippen molar-refractivity contribution in [3.8, 4) is 11.1 Å². The van der Waals surface area contributed by atoms with Gasteiger partial charge in [-0.25, -0.2) is 4.99 Å². The Labute approximate surface area is 126 Å². The molecule has 2 aliphatic rings. The van der Waals surface area contributed by atoms with E-state index < -0.39 is 0 Å². The summed E-state index contributed by atoms with van der Waals surface area (Å²) in [5.74, 6) is 0.717. The molecule has 102 valence electrons. The van der Waals surface area contributed by atoms with Crippen molar-refractivity contribution >= 4 is 40.6 Å². The minimum atomic E-state index is 0. The van der Waals surface area contributed by atoms with Gasteiger partial charge < -0.3 is 4.90 Å². The van der Waals surface area contributed by atoms with Gasteiger partial charge in [-0.1, -0.05) is 30.3 Å². The van der Waals surface area contributed by atoms with E-state index in [1.165, 1.54) is 16.7 Å². The number of carbonyl (C=O) groups excluding carboxylic acids is 1. The Morgan fingerprint density at radius 1 is 1.20 bits per heavy atom. The molecule has 1 N–H and O–H groups in total. The molecule has 2 aliphatic heterocycles. The van der Waals surface area contributed by atoms with Crippen molar-refractivity contribution in [2.24, 2.45) is 4.99 Å². The third-order valence-electron chi connectivity index (χ3n) is 3.40. The number of aliphatic imine (C=N–C) groups is 1. The van der Waals surface area contributed by atoms with E-state index >= 15 is 0 Å². The van der Waals surface area contributed by atoms with Crippen LogP contribution in [0.25, 0.3) is 11.1 Å². The topological polar surface area (TPSA) is 44.7 Å². The molecule has 0 radical (unpaired) electrons. The molecule has 4 rings (SSSR count). The summed E-state index contributed by atoms with van der Waals surface area (Å²) >= 11 is 1.63. The third-order valence-corrected chi connectivity index (χ3v) is 4.31. The van der Waals surface area contributed by atoms with E-state index in [0.29, 0.717) is 12.5 Å². The first kappa shape index (κ1) is 13.1. The van der Waals surface area contributed by atoms with E-state index in [9.17, 15) is 4.79 Å². The van der Waals surface area contributed by atoms with E-state index in [1.54, 1.807) is 11.3 Å². The molecule has 0 spiro atoms. The predicted molar refractivity (Wildman–Crippen MR) is 82.7 cm³/mol. The van der Waals surface area contributed by atoms with Crippen LogP contribution in [0.2, 0.25) is 0 Å². The summed E-state index contributed by atoms with van der Waals surface area (Å²) in [6, 6.07) is 10.3. The average Bonchev–Trinajstić information content (AvgIpc) is 2.98. The van der Waals surface area contributed by atoms with Crippen LogP contribution in [0, 0.1) is 0 Å². The summed E-state index contributed by atoms with van der Waals surface area (Å²) in [6.07, 6.45) is 0. The molecule has 3 heterocycles. The van der Waals surface area contributed by atoms with E-state index in [0.717, 1.165) is 11.5 Å². The molecule has 4 nitrogen and oxygen atoms in total. The van der Waals surface area contributed by atoms with Gasteiger partial charge in [-0.05, 0) is 11.1 Å². The number of fused-ring (bicyclic) bond motifs is 2. The molecule has 0 unspecified atom stereocenters. The van der Waals surface area contributed by atoms with Gasteiger partial charge in [-0.3, -0.25) is 10.1 Å². The van der Waals surface area contributed by atoms with Crippen molar-refractivity contribution in [2.75, 3.05) is 6.54 Å². The Balaban J connectivity index is 0.00000121. The van der Waals surface area contributed by atoms with Gasteiger partial charge in [0.15, 0.2) is 0 Å². The first-order valence-corrected chi connectivity index (χ1v) is 6.98. The molecule has 2 aromatic rings. The number of halogens is 1. The van der Waals surface area contributed by atoms with Crippen LogP contribution < -0.4 is 5.32 Å². The highest BCUT2D eigenvalue weighted by Crippen LogP contribution is 2.40. The summed E-state index contributed by atoms with van der Waals surface area (Å²) in [4.78, 5) is 17.9. The number of rotatable bonds is 1. The molecular formula is C14H12ClN3OS. The van der Waals surface area contributed by atoms with Gasteiger partial charge in [0, 0.05) is 17.5 Å². The lowest BCUT2D eigenvalue weighted by atomic mass is 10.0. The second kappa shape index (κ2) is 4.92. The van der Waals surface area contributed by atoms with Crippen molar-refractivity contribution in [1.29, 1.82) is 0 Å². The Hall–Kier alpha value is -1.85. The Kier molecular flexibility index (Phi) is 3.23. The lowest BCUT2D eigenvalue weighted by Gasteiger charge is -2.21. The Bertz CT molecular complexity index is 696. The highest BCUT2D eigenvalue weighted by Gasteiger charge is 2.31. The van der Waals surface area contributed by atoms with Gasteiger partial charge >= 0.3 is 0 Å². The largest absolute Gasteiger partial charge is 0.329 e. The van der Waals surface area contributed by atoms with E-state index in [-0.39, 0.29) is 18.3 Å². The zero-order valence-corrected chi connectivity index (χ0v) is 12.1. The fourth-order valence-corrected chi connectivity index (χ4v) is 3.45. The van der Waals surface area contributed by atoms with E-state index in [4.69, 9.17) is 0 Å². The summed E-state index contributed by atoms with van der Waals surface area (Å²) in [5, 5.41) is 5.94. The molecule has 1 aromatic carbocycles. The SMILES string of the molecule is Cl.O=C1CN2Cc3c(-c4ccccc4)csc3N=C2N1. The van der Waals surface area contributed by atoms with Crippen LogP contribution in [-0.4, -0.2) is 23.3 Å². The van der Waals surface area contributed by atoms with Crippen LogP contribution in [0.4, 0.5) is 5.00 Å². The molecule has 1 amide bonds. The minimum absolute atomic E-state index is 0. The zero-order chi connectivity index (χ0) is 12.8. The maximum atomic E-state index is 11.4. The van der Waals surface area contributed by atoms with Crippen LogP contribution in [0.3, 0.4) is 0 Å². The molecule has 0 saturated carbocycles. The molecule has 1 fully saturated rings. The first-order chi connectivity index (χ1) is 9.31. The van der Waals surface area contributed by atoms with Crippen molar-refractivity contribution in [3.05, 3.63) is 41.3 Å². The number of benzene rings is 1. The number of nitrogens with one attached hydrogen (secondary N) is 1. The predicted octanol–water partition coefficient (Wildman–Crippen LogP) is 2.77. The summed E-state index contributed by atoms with van der Waals surface area (Å²) in [7, 11) is 0. The monoisotopic (exact) mass is 305 g/mol. The fourth-order valence-electron chi connectivity index (χ4n) is 2.49. The Morgan fingerprint density at radius 3 is 2.80 bits per heavy atom. The lowest BCUT2D eigenvalue weighted by molar-refractivity contribution is -0.118. The van der Waals surface area contributed by atoms with Crippen molar-refractivity contribution in [1.82, 2.24) is 10.2 Å². The maximum absolute atomic E-state index is 11.4. The smallest absolute Gasteiger partial charge is 0.246 e. The van der Waals surface area contributed by atoms with Gasteiger partial charge in [-0.2, -0.15) is 0 Å².